The number of nitrogens with zero attached hydrogens (tertiary/aromatic N) is 3. The van der Waals surface area contributed by atoms with E-state index < -0.39 is 0 Å². The summed E-state index contributed by atoms with van der Waals surface area (Å²) in [7, 11) is 0. The molecule has 0 bridgehead atoms. The summed E-state index contributed by atoms with van der Waals surface area (Å²) in [5.41, 5.74) is 1.96. The second-order valence-corrected chi connectivity index (χ2v) is 7.14. The first kappa shape index (κ1) is 18.6. The second kappa shape index (κ2) is 8.52. The molecule has 2 aliphatic heterocycles. The SMILES string of the molecule is O=C(/C=C/c1cc(Cl)c2c(c1)OCCCO2)N1CCN(c2ccncc2)CC1. The highest BCUT2D eigenvalue weighted by molar-refractivity contribution is 6.32. The smallest absolute Gasteiger partial charge is 0.246 e. The number of anilines is 1. The Morgan fingerprint density at radius 1 is 1.07 bits per heavy atom. The number of hydrogen-bond donors (Lipinski definition) is 0. The predicted molar refractivity (Wildman–Crippen MR) is 109 cm³/mol. The summed E-state index contributed by atoms with van der Waals surface area (Å²) in [5.74, 6) is 1.20. The van der Waals surface area contributed by atoms with Gasteiger partial charge in [-0.05, 0) is 35.9 Å². The molecule has 1 aromatic carbocycles. The molecule has 4 rings (SSSR count). The number of piperazine rings is 1. The molecule has 1 amide bonds. The molecular weight excluding hydrogens is 378 g/mol. The van der Waals surface area contributed by atoms with Crippen LogP contribution >= 0.6 is 11.6 Å². The highest BCUT2D eigenvalue weighted by Crippen LogP contribution is 2.38. The average molecular weight is 400 g/mol. The van der Waals surface area contributed by atoms with Crippen molar-refractivity contribution in [2.45, 2.75) is 6.42 Å². The fourth-order valence-corrected chi connectivity index (χ4v) is 3.63. The number of ether oxygens (including phenoxy) is 2. The van der Waals surface area contributed by atoms with E-state index in [4.69, 9.17) is 21.1 Å². The van der Waals surface area contributed by atoms with E-state index in [0.717, 1.165) is 30.8 Å². The van der Waals surface area contributed by atoms with Gasteiger partial charge in [0.1, 0.15) is 0 Å². The third-order valence-electron chi connectivity index (χ3n) is 4.86. The van der Waals surface area contributed by atoms with Crippen molar-refractivity contribution in [3.63, 3.8) is 0 Å². The molecule has 2 aliphatic rings. The molecule has 3 heterocycles. The maximum Gasteiger partial charge on any atom is 0.246 e. The molecule has 0 N–H and O–H groups in total. The Labute approximate surface area is 169 Å². The normalized spacial score (nSPS) is 16.9. The van der Waals surface area contributed by atoms with E-state index in [1.165, 1.54) is 0 Å². The first-order valence-corrected chi connectivity index (χ1v) is 9.79. The lowest BCUT2D eigenvalue weighted by Gasteiger charge is -2.35. The predicted octanol–water partition coefficient (Wildman–Crippen LogP) is 3.26. The first-order valence-electron chi connectivity index (χ1n) is 9.42. The van der Waals surface area contributed by atoms with Crippen molar-refractivity contribution in [2.75, 3.05) is 44.3 Å². The van der Waals surface area contributed by atoms with Gasteiger partial charge in [-0.15, -0.1) is 0 Å². The van der Waals surface area contributed by atoms with E-state index in [9.17, 15) is 4.79 Å². The molecule has 0 atom stereocenters. The van der Waals surface area contributed by atoms with Gasteiger partial charge in [0, 0.05) is 56.8 Å². The van der Waals surface area contributed by atoms with Crippen LogP contribution in [0.3, 0.4) is 0 Å². The largest absolute Gasteiger partial charge is 0.489 e. The highest BCUT2D eigenvalue weighted by atomic mass is 35.5. The van der Waals surface area contributed by atoms with E-state index in [-0.39, 0.29) is 5.91 Å². The van der Waals surface area contributed by atoms with Crippen LogP contribution in [0, 0.1) is 0 Å². The van der Waals surface area contributed by atoms with Crippen molar-refractivity contribution in [3.05, 3.63) is 53.3 Å². The molecule has 0 spiro atoms. The van der Waals surface area contributed by atoms with Crippen molar-refractivity contribution < 1.29 is 14.3 Å². The van der Waals surface area contributed by atoms with Gasteiger partial charge in [-0.2, -0.15) is 0 Å². The minimum Gasteiger partial charge on any atom is -0.489 e. The summed E-state index contributed by atoms with van der Waals surface area (Å²) in [6.45, 7) is 4.17. The Morgan fingerprint density at radius 3 is 2.61 bits per heavy atom. The maximum atomic E-state index is 12.6. The molecule has 146 valence electrons. The van der Waals surface area contributed by atoms with Crippen LogP contribution in [0.5, 0.6) is 11.5 Å². The third kappa shape index (κ3) is 4.22. The Bertz CT molecular complexity index is 865. The van der Waals surface area contributed by atoms with E-state index in [1.807, 2.05) is 23.1 Å². The number of carbonyl (C=O) groups excluding carboxylic acids is 1. The summed E-state index contributed by atoms with van der Waals surface area (Å²) in [5, 5.41) is 0.498. The number of halogens is 1. The van der Waals surface area contributed by atoms with Gasteiger partial charge in [0.25, 0.3) is 0 Å². The molecule has 0 unspecified atom stereocenters. The molecule has 1 fully saturated rings. The summed E-state index contributed by atoms with van der Waals surface area (Å²) in [6, 6.07) is 7.63. The lowest BCUT2D eigenvalue weighted by molar-refractivity contribution is -0.126. The number of hydrogen-bond acceptors (Lipinski definition) is 5. The molecule has 28 heavy (non-hydrogen) atoms. The topological polar surface area (TPSA) is 54.9 Å². The highest BCUT2D eigenvalue weighted by Gasteiger charge is 2.20. The van der Waals surface area contributed by atoms with Gasteiger partial charge in [0.15, 0.2) is 11.5 Å². The molecular formula is C21H22ClN3O3. The van der Waals surface area contributed by atoms with Crippen molar-refractivity contribution in [1.29, 1.82) is 0 Å². The van der Waals surface area contributed by atoms with Gasteiger partial charge in [0.2, 0.25) is 5.91 Å². The van der Waals surface area contributed by atoms with Crippen molar-refractivity contribution in [2.24, 2.45) is 0 Å². The molecule has 1 saturated heterocycles. The standard InChI is InChI=1S/C21H22ClN3O3/c22-18-14-16(15-19-21(18)28-13-1-12-27-19)2-3-20(26)25-10-8-24(9-11-25)17-4-6-23-7-5-17/h2-7,14-15H,1,8-13H2/b3-2+. The van der Waals surface area contributed by atoms with Crippen LogP contribution in [0.25, 0.3) is 6.08 Å². The number of rotatable bonds is 3. The molecule has 1 aromatic heterocycles. The molecule has 0 aliphatic carbocycles. The summed E-state index contributed by atoms with van der Waals surface area (Å²) in [6.07, 6.45) is 7.77. The molecule has 2 aromatic rings. The Morgan fingerprint density at radius 2 is 1.82 bits per heavy atom. The molecule has 0 saturated carbocycles. The number of aromatic nitrogens is 1. The van der Waals surface area contributed by atoms with E-state index >= 15 is 0 Å². The van der Waals surface area contributed by atoms with Crippen LogP contribution in [0.15, 0.2) is 42.7 Å². The molecule has 0 radical (unpaired) electrons. The van der Waals surface area contributed by atoms with Gasteiger partial charge >= 0.3 is 0 Å². The van der Waals surface area contributed by atoms with Gasteiger partial charge in [-0.1, -0.05) is 11.6 Å². The third-order valence-corrected chi connectivity index (χ3v) is 5.14. The lowest BCUT2D eigenvalue weighted by atomic mass is 10.1. The fraction of sp³-hybridized carbons (Fsp3) is 0.333. The fourth-order valence-electron chi connectivity index (χ4n) is 3.36. The van der Waals surface area contributed by atoms with Gasteiger partial charge in [0.05, 0.1) is 18.2 Å². The zero-order valence-electron chi connectivity index (χ0n) is 15.5. The van der Waals surface area contributed by atoms with Gasteiger partial charge < -0.3 is 19.3 Å². The van der Waals surface area contributed by atoms with Crippen LogP contribution in [0.4, 0.5) is 5.69 Å². The Hall–Kier alpha value is -2.73. The molecule has 7 heteroatoms. The van der Waals surface area contributed by atoms with E-state index in [0.29, 0.717) is 42.8 Å². The number of amides is 1. The summed E-state index contributed by atoms with van der Waals surface area (Å²) in [4.78, 5) is 20.7. The van der Waals surface area contributed by atoms with Crippen LogP contribution < -0.4 is 14.4 Å². The van der Waals surface area contributed by atoms with Crippen molar-refractivity contribution >= 4 is 29.3 Å². The van der Waals surface area contributed by atoms with Crippen LogP contribution in [0.1, 0.15) is 12.0 Å². The van der Waals surface area contributed by atoms with Gasteiger partial charge in [-0.3, -0.25) is 9.78 Å². The maximum absolute atomic E-state index is 12.6. The second-order valence-electron chi connectivity index (χ2n) is 6.73. The number of carbonyl (C=O) groups is 1. The van der Waals surface area contributed by atoms with Crippen LogP contribution in [-0.4, -0.2) is 55.2 Å². The average Bonchev–Trinajstić information content (AvgIpc) is 2.99. The minimum atomic E-state index is -0.00221. The Balaban J connectivity index is 1.38. The quantitative estimate of drug-likeness (QED) is 0.741. The van der Waals surface area contributed by atoms with Gasteiger partial charge in [-0.25, -0.2) is 0 Å². The number of benzene rings is 1. The first-order chi connectivity index (χ1) is 13.7. The van der Waals surface area contributed by atoms with E-state index in [1.54, 1.807) is 30.6 Å². The molecule has 6 nitrogen and oxygen atoms in total. The summed E-state index contributed by atoms with van der Waals surface area (Å²) < 4.78 is 11.3. The van der Waals surface area contributed by atoms with E-state index in [2.05, 4.69) is 9.88 Å². The number of pyridine rings is 1. The zero-order chi connectivity index (χ0) is 19.3. The van der Waals surface area contributed by atoms with Crippen LogP contribution in [-0.2, 0) is 4.79 Å². The minimum absolute atomic E-state index is 0.00221. The number of fused-ring (bicyclic) bond motifs is 1. The zero-order valence-corrected chi connectivity index (χ0v) is 16.3. The van der Waals surface area contributed by atoms with Crippen LogP contribution in [0.2, 0.25) is 5.02 Å². The van der Waals surface area contributed by atoms with Crippen molar-refractivity contribution in [1.82, 2.24) is 9.88 Å². The van der Waals surface area contributed by atoms with Crippen molar-refractivity contribution in [3.8, 4) is 11.5 Å². The Kier molecular flexibility index (Phi) is 5.67. The lowest BCUT2D eigenvalue weighted by Crippen LogP contribution is -2.48. The summed E-state index contributed by atoms with van der Waals surface area (Å²) >= 11 is 6.31. The monoisotopic (exact) mass is 399 g/mol.